The van der Waals surface area contributed by atoms with Gasteiger partial charge in [-0.15, -0.1) is 0 Å². The largest absolute Gasteiger partial charge is 0.379 e. The number of carbonyl (C=O) groups is 1. The molecule has 0 spiro atoms. The van der Waals surface area contributed by atoms with Gasteiger partial charge in [-0.1, -0.05) is 12.1 Å². The Morgan fingerprint density at radius 2 is 2.20 bits per heavy atom. The van der Waals surface area contributed by atoms with Gasteiger partial charge in [0.1, 0.15) is 0 Å². The number of Topliss-reactive ketones (excluding diaryl/α,β-unsaturated/α-hetero) is 1. The van der Waals surface area contributed by atoms with Crippen LogP contribution in [0.3, 0.4) is 0 Å². The zero-order chi connectivity index (χ0) is 14.4. The van der Waals surface area contributed by atoms with Crippen LogP contribution in [0.15, 0.2) is 30.5 Å². The molecule has 2 rings (SSSR count). The molecule has 0 amide bonds. The third-order valence-corrected chi connectivity index (χ3v) is 3.11. The Morgan fingerprint density at radius 3 is 3.00 bits per heavy atom. The van der Waals surface area contributed by atoms with Crippen molar-refractivity contribution in [3.8, 4) is 0 Å². The fourth-order valence-electron chi connectivity index (χ4n) is 2.04. The Balaban J connectivity index is 1.74. The van der Waals surface area contributed by atoms with E-state index in [0.29, 0.717) is 6.54 Å². The normalized spacial score (nSPS) is 11.3. The van der Waals surface area contributed by atoms with Crippen LogP contribution in [-0.2, 0) is 4.74 Å². The molecule has 1 aromatic carbocycles. The summed E-state index contributed by atoms with van der Waals surface area (Å²) in [5, 5.41) is 4.28. The summed E-state index contributed by atoms with van der Waals surface area (Å²) in [6.07, 6.45) is 3.07. The minimum atomic E-state index is 0.117. The number of ketones is 1. The van der Waals surface area contributed by atoms with Gasteiger partial charge in [0.15, 0.2) is 5.78 Å². The molecule has 0 saturated carbocycles. The van der Waals surface area contributed by atoms with Crippen molar-refractivity contribution in [2.45, 2.75) is 26.4 Å². The Hall–Kier alpha value is -1.65. The molecule has 0 atom stereocenters. The van der Waals surface area contributed by atoms with E-state index in [1.54, 1.807) is 0 Å². The minimum absolute atomic E-state index is 0.117. The highest BCUT2D eigenvalue weighted by molar-refractivity contribution is 6.00. The average molecular weight is 274 g/mol. The van der Waals surface area contributed by atoms with Crippen LogP contribution in [-0.4, -0.2) is 36.6 Å². The maximum atomic E-state index is 12.0. The third-order valence-electron chi connectivity index (χ3n) is 3.11. The summed E-state index contributed by atoms with van der Waals surface area (Å²) in [4.78, 5) is 15.2. The molecular formula is C16H22N2O2. The van der Waals surface area contributed by atoms with E-state index in [0.717, 1.165) is 36.0 Å². The van der Waals surface area contributed by atoms with E-state index in [1.807, 2.05) is 44.3 Å². The Labute approximate surface area is 119 Å². The molecule has 0 saturated heterocycles. The van der Waals surface area contributed by atoms with Crippen molar-refractivity contribution < 1.29 is 9.53 Å². The molecule has 20 heavy (non-hydrogen) atoms. The second-order valence-corrected chi connectivity index (χ2v) is 5.15. The van der Waals surface area contributed by atoms with Crippen LogP contribution in [0, 0.1) is 0 Å². The highest BCUT2D eigenvalue weighted by atomic mass is 16.5. The lowest BCUT2D eigenvalue weighted by molar-refractivity contribution is 0.0767. The monoisotopic (exact) mass is 274 g/mol. The predicted molar refractivity (Wildman–Crippen MR) is 81.2 cm³/mol. The van der Waals surface area contributed by atoms with E-state index in [4.69, 9.17) is 4.74 Å². The maximum absolute atomic E-state index is 12.0. The molecule has 0 bridgehead atoms. The van der Waals surface area contributed by atoms with E-state index >= 15 is 0 Å². The average Bonchev–Trinajstić information content (AvgIpc) is 2.89. The smallest absolute Gasteiger partial charge is 0.176 e. The highest BCUT2D eigenvalue weighted by Crippen LogP contribution is 2.14. The second-order valence-electron chi connectivity index (χ2n) is 5.15. The number of fused-ring (bicyclic) bond motifs is 1. The Kier molecular flexibility index (Phi) is 5.32. The lowest BCUT2D eigenvalue weighted by Crippen LogP contribution is -2.25. The van der Waals surface area contributed by atoms with Crippen molar-refractivity contribution in [3.05, 3.63) is 36.0 Å². The van der Waals surface area contributed by atoms with Crippen LogP contribution in [0.5, 0.6) is 0 Å². The van der Waals surface area contributed by atoms with Gasteiger partial charge in [-0.2, -0.15) is 0 Å². The molecule has 2 aromatic rings. The van der Waals surface area contributed by atoms with Gasteiger partial charge in [-0.25, -0.2) is 0 Å². The number of hydrogen-bond acceptors (Lipinski definition) is 3. The van der Waals surface area contributed by atoms with Crippen LogP contribution in [0.25, 0.3) is 10.9 Å². The third kappa shape index (κ3) is 4.18. The number of aromatic amines is 1. The van der Waals surface area contributed by atoms with Crippen molar-refractivity contribution in [1.29, 1.82) is 0 Å². The van der Waals surface area contributed by atoms with Crippen LogP contribution >= 0.6 is 0 Å². The number of hydrogen-bond donors (Lipinski definition) is 2. The van der Waals surface area contributed by atoms with Crippen LogP contribution in [0.2, 0.25) is 0 Å². The van der Waals surface area contributed by atoms with Gasteiger partial charge in [0.05, 0.1) is 12.6 Å². The summed E-state index contributed by atoms with van der Waals surface area (Å²) in [6, 6.07) is 7.75. The Bertz CT molecular complexity index is 560. The van der Waals surface area contributed by atoms with E-state index in [1.165, 1.54) is 0 Å². The lowest BCUT2D eigenvalue weighted by Gasteiger charge is -2.08. The Morgan fingerprint density at radius 1 is 1.35 bits per heavy atom. The molecule has 0 aliphatic carbocycles. The van der Waals surface area contributed by atoms with Gasteiger partial charge in [0.2, 0.25) is 0 Å². The van der Waals surface area contributed by atoms with Crippen molar-refractivity contribution >= 4 is 16.7 Å². The molecule has 108 valence electrons. The molecule has 0 unspecified atom stereocenters. The first-order valence-corrected chi connectivity index (χ1v) is 7.09. The summed E-state index contributed by atoms with van der Waals surface area (Å²) in [5.74, 6) is 0.117. The zero-order valence-electron chi connectivity index (χ0n) is 12.1. The number of rotatable bonds is 8. The number of benzene rings is 1. The first-order valence-electron chi connectivity index (χ1n) is 7.09. The highest BCUT2D eigenvalue weighted by Gasteiger charge is 2.06. The summed E-state index contributed by atoms with van der Waals surface area (Å²) in [5.41, 5.74) is 1.74. The number of ether oxygens (including phenoxy) is 1. The van der Waals surface area contributed by atoms with Crippen molar-refractivity contribution in [1.82, 2.24) is 10.3 Å². The van der Waals surface area contributed by atoms with Crippen LogP contribution in [0.1, 0.15) is 30.6 Å². The molecule has 2 N–H and O–H groups in total. The minimum Gasteiger partial charge on any atom is -0.379 e. The van der Waals surface area contributed by atoms with Crippen LogP contribution < -0.4 is 5.32 Å². The SMILES string of the molecule is CC(C)OCCCNCC(=O)c1ccc2cc[nH]c2c1. The van der Waals surface area contributed by atoms with Gasteiger partial charge in [-0.05, 0) is 44.3 Å². The second kappa shape index (κ2) is 7.22. The van der Waals surface area contributed by atoms with E-state index < -0.39 is 0 Å². The molecule has 1 aromatic heterocycles. The van der Waals surface area contributed by atoms with E-state index in [2.05, 4.69) is 10.3 Å². The predicted octanol–water partition coefficient (Wildman–Crippen LogP) is 2.76. The number of H-pyrrole nitrogens is 1. The van der Waals surface area contributed by atoms with Crippen LogP contribution in [0.4, 0.5) is 0 Å². The van der Waals surface area contributed by atoms with Crippen molar-refractivity contribution in [2.24, 2.45) is 0 Å². The van der Waals surface area contributed by atoms with E-state index in [-0.39, 0.29) is 11.9 Å². The molecule has 1 heterocycles. The lowest BCUT2D eigenvalue weighted by atomic mass is 10.1. The van der Waals surface area contributed by atoms with Gasteiger partial charge in [0, 0.05) is 23.9 Å². The number of nitrogens with one attached hydrogen (secondary N) is 2. The first-order chi connectivity index (χ1) is 9.66. The summed E-state index contributed by atoms with van der Waals surface area (Å²) >= 11 is 0. The maximum Gasteiger partial charge on any atom is 0.176 e. The van der Waals surface area contributed by atoms with Gasteiger partial charge in [-0.3, -0.25) is 4.79 Å². The molecule has 4 nitrogen and oxygen atoms in total. The summed E-state index contributed by atoms with van der Waals surface area (Å²) < 4.78 is 5.44. The number of aromatic nitrogens is 1. The van der Waals surface area contributed by atoms with Crippen molar-refractivity contribution in [2.75, 3.05) is 19.7 Å². The molecule has 0 radical (unpaired) electrons. The molecule has 0 aliphatic heterocycles. The van der Waals surface area contributed by atoms with Gasteiger partial charge < -0.3 is 15.0 Å². The molecule has 0 fully saturated rings. The molecule has 4 heteroatoms. The first kappa shape index (κ1) is 14.8. The fraction of sp³-hybridized carbons (Fsp3) is 0.438. The van der Waals surface area contributed by atoms with Gasteiger partial charge in [0.25, 0.3) is 0 Å². The topological polar surface area (TPSA) is 54.1 Å². The van der Waals surface area contributed by atoms with Crippen molar-refractivity contribution in [3.63, 3.8) is 0 Å². The zero-order valence-corrected chi connectivity index (χ0v) is 12.1. The summed E-state index contributed by atoms with van der Waals surface area (Å²) in [6.45, 7) is 5.94. The molecular weight excluding hydrogens is 252 g/mol. The summed E-state index contributed by atoms with van der Waals surface area (Å²) in [7, 11) is 0. The quantitative estimate of drug-likeness (QED) is 0.575. The fourth-order valence-corrected chi connectivity index (χ4v) is 2.04. The molecule has 0 aliphatic rings. The standard InChI is InChI=1S/C16H22N2O2/c1-12(2)20-9-3-7-17-11-16(19)14-5-4-13-6-8-18-15(13)10-14/h4-6,8,10,12,17-18H,3,7,9,11H2,1-2H3. The number of carbonyl (C=O) groups excluding carboxylic acids is 1. The van der Waals surface area contributed by atoms with Gasteiger partial charge >= 0.3 is 0 Å². The van der Waals surface area contributed by atoms with E-state index in [9.17, 15) is 4.79 Å².